The third-order valence-electron chi connectivity index (χ3n) is 3.43. The maximum absolute atomic E-state index is 5.76. The van der Waals surface area contributed by atoms with Gasteiger partial charge in [-0.2, -0.15) is 0 Å². The van der Waals surface area contributed by atoms with Crippen molar-refractivity contribution >= 4 is 15.9 Å². The lowest BCUT2D eigenvalue weighted by molar-refractivity contribution is 0.229. The molecule has 0 aliphatic carbocycles. The zero-order chi connectivity index (χ0) is 11.7. The van der Waals surface area contributed by atoms with Crippen LogP contribution in [0.5, 0.6) is 5.75 Å². The molecule has 1 saturated heterocycles. The second kappa shape index (κ2) is 4.96. The number of benzene rings is 1. The molecule has 2 aliphatic rings. The summed E-state index contributed by atoms with van der Waals surface area (Å²) >= 11 is 3.59. The molecule has 17 heavy (non-hydrogen) atoms. The molecule has 0 spiro atoms. The Balaban J connectivity index is 1.82. The number of nitrogens with zero attached hydrogens (tertiary/aromatic N) is 1. The Kier molecular flexibility index (Phi) is 3.36. The predicted octanol–water partition coefficient (Wildman–Crippen LogP) is 1.79. The summed E-state index contributed by atoms with van der Waals surface area (Å²) in [5, 5.41) is 3.38. The maximum atomic E-state index is 5.76. The topological polar surface area (TPSA) is 24.5 Å². The van der Waals surface area contributed by atoms with Gasteiger partial charge < -0.3 is 10.1 Å². The van der Waals surface area contributed by atoms with Crippen LogP contribution in [0.25, 0.3) is 0 Å². The van der Waals surface area contributed by atoms with E-state index in [9.17, 15) is 0 Å². The van der Waals surface area contributed by atoms with Gasteiger partial charge in [0.1, 0.15) is 5.75 Å². The van der Waals surface area contributed by atoms with Gasteiger partial charge in [0.15, 0.2) is 0 Å². The third kappa shape index (κ3) is 2.49. The van der Waals surface area contributed by atoms with E-state index in [1.54, 1.807) is 0 Å². The lowest BCUT2D eigenvalue weighted by Crippen LogP contribution is -2.42. The van der Waals surface area contributed by atoms with Crippen LogP contribution in [0, 0.1) is 0 Å². The van der Waals surface area contributed by atoms with Gasteiger partial charge in [-0.1, -0.05) is 15.9 Å². The minimum atomic E-state index is 0.834. The standard InChI is InChI=1S/C13H17BrN2O/c14-12-7-10-1-6-17-13(10)11(8-12)9-16-4-2-15-3-5-16/h7-8,15H,1-6,9H2. The molecular formula is C13H17BrN2O. The molecule has 3 nitrogen and oxygen atoms in total. The second-order valence-corrected chi connectivity index (χ2v) is 5.59. The van der Waals surface area contributed by atoms with Gasteiger partial charge in [0.05, 0.1) is 6.61 Å². The summed E-state index contributed by atoms with van der Waals surface area (Å²) in [6, 6.07) is 4.38. The average Bonchev–Trinajstić information content (AvgIpc) is 2.78. The van der Waals surface area contributed by atoms with E-state index in [0.29, 0.717) is 0 Å². The fourth-order valence-electron chi connectivity index (χ4n) is 2.57. The van der Waals surface area contributed by atoms with Crippen molar-refractivity contribution in [3.8, 4) is 5.75 Å². The smallest absolute Gasteiger partial charge is 0.127 e. The first-order valence-corrected chi connectivity index (χ1v) is 6.99. The predicted molar refractivity (Wildman–Crippen MR) is 71.5 cm³/mol. The Hall–Kier alpha value is -0.580. The minimum Gasteiger partial charge on any atom is -0.493 e. The molecule has 0 aromatic heterocycles. The van der Waals surface area contributed by atoms with Crippen molar-refractivity contribution in [2.45, 2.75) is 13.0 Å². The molecule has 1 aromatic rings. The number of hydrogen-bond acceptors (Lipinski definition) is 3. The van der Waals surface area contributed by atoms with Crippen molar-refractivity contribution in [3.05, 3.63) is 27.7 Å². The van der Waals surface area contributed by atoms with E-state index in [4.69, 9.17) is 4.74 Å². The van der Waals surface area contributed by atoms with E-state index in [1.165, 1.54) is 15.6 Å². The molecule has 0 atom stereocenters. The summed E-state index contributed by atoms with van der Waals surface area (Å²) in [7, 11) is 0. The van der Waals surface area contributed by atoms with E-state index in [-0.39, 0.29) is 0 Å². The fourth-order valence-corrected chi connectivity index (χ4v) is 3.13. The number of piperazine rings is 1. The van der Waals surface area contributed by atoms with Crippen molar-refractivity contribution in [2.75, 3.05) is 32.8 Å². The Morgan fingerprint density at radius 1 is 1.29 bits per heavy atom. The molecule has 0 saturated carbocycles. The Bertz CT molecular complexity index is 416. The maximum Gasteiger partial charge on any atom is 0.127 e. The number of fused-ring (bicyclic) bond motifs is 1. The zero-order valence-electron chi connectivity index (χ0n) is 9.84. The average molecular weight is 297 g/mol. The van der Waals surface area contributed by atoms with Gasteiger partial charge in [0.25, 0.3) is 0 Å². The Labute approximate surface area is 110 Å². The molecule has 2 aliphatic heterocycles. The third-order valence-corrected chi connectivity index (χ3v) is 3.89. The van der Waals surface area contributed by atoms with Crippen LogP contribution in [0.3, 0.4) is 0 Å². The van der Waals surface area contributed by atoms with Crippen LogP contribution < -0.4 is 10.1 Å². The van der Waals surface area contributed by atoms with Gasteiger partial charge in [-0.15, -0.1) is 0 Å². The Morgan fingerprint density at radius 2 is 2.12 bits per heavy atom. The van der Waals surface area contributed by atoms with E-state index in [2.05, 4.69) is 38.3 Å². The molecular weight excluding hydrogens is 280 g/mol. The van der Waals surface area contributed by atoms with Gasteiger partial charge in [-0.25, -0.2) is 0 Å². The van der Waals surface area contributed by atoms with Gasteiger partial charge in [0, 0.05) is 49.2 Å². The molecule has 1 N–H and O–H groups in total. The van der Waals surface area contributed by atoms with Crippen LogP contribution in [0.15, 0.2) is 16.6 Å². The van der Waals surface area contributed by atoms with Gasteiger partial charge in [-0.05, 0) is 17.7 Å². The van der Waals surface area contributed by atoms with E-state index < -0.39 is 0 Å². The monoisotopic (exact) mass is 296 g/mol. The first-order valence-electron chi connectivity index (χ1n) is 6.20. The van der Waals surface area contributed by atoms with Crippen LogP contribution in [0.4, 0.5) is 0 Å². The molecule has 4 heteroatoms. The van der Waals surface area contributed by atoms with Gasteiger partial charge >= 0.3 is 0 Å². The van der Waals surface area contributed by atoms with E-state index in [1.807, 2.05) is 0 Å². The fraction of sp³-hybridized carbons (Fsp3) is 0.538. The minimum absolute atomic E-state index is 0.834. The molecule has 3 rings (SSSR count). The van der Waals surface area contributed by atoms with Crippen molar-refractivity contribution in [3.63, 3.8) is 0 Å². The number of ether oxygens (including phenoxy) is 1. The van der Waals surface area contributed by atoms with Crippen LogP contribution in [-0.2, 0) is 13.0 Å². The van der Waals surface area contributed by atoms with Crippen molar-refractivity contribution in [1.29, 1.82) is 0 Å². The highest BCUT2D eigenvalue weighted by Crippen LogP contribution is 2.33. The molecule has 0 unspecified atom stereocenters. The van der Waals surface area contributed by atoms with Crippen LogP contribution in [0.2, 0.25) is 0 Å². The summed E-state index contributed by atoms with van der Waals surface area (Å²) in [4.78, 5) is 2.49. The molecule has 92 valence electrons. The normalized spacial score (nSPS) is 20.1. The second-order valence-electron chi connectivity index (χ2n) is 4.68. The Morgan fingerprint density at radius 3 is 2.94 bits per heavy atom. The largest absolute Gasteiger partial charge is 0.493 e. The van der Waals surface area contributed by atoms with Gasteiger partial charge in [-0.3, -0.25) is 4.90 Å². The summed E-state index contributed by atoms with van der Waals surface area (Å²) in [5.74, 6) is 1.13. The lowest BCUT2D eigenvalue weighted by atomic mass is 10.1. The van der Waals surface area contributed by atoms with Crippen LogP contribution in [-0.4, -0.2) is 37.7 Å². The lowest BCUT2D eigenvalue weighted by Gasteiger charge is -2.27. The number of halogens is 1. The summed E-state index contributed by atoms with van der Waals surface area (Å²) < 4.78 is 6.94. The molecule has 1 aromatic carbocycles. The highest BCUT2D eigenvalue weighted by molar-refractivity contribution is 9.10. The van der Waals surface area contributed by atoms with Gasteiger partial charge in [0.2, 0.25) is 0 Å². The van der Waals surface area contributed by atoms with Crippen molar-refractivity contribution in [1.82, 2.24) is 10.2 Å². The number of nitrogens with one attached hydrogen (secondary N) is 1. The van der Waals surface area contributed by atoms with Crippen LogP contribution in [0.1, 0.15) is 11.1 Å². The quantitative estimate of drug-likeness (QED) is 0.901. The highest BCUT2D eigenvalue weighted by atomic mass is 79.9. The summed E-state index contributed by atoms with van der Waals surface area (Å²) in [6.07, 6.45) is 1.04. The highest BCUT2D eigenvalue weighted by Gasteiger charge is 2.19. The summed E-state index contributed by atoms with van der Waals surface area (Å²) in [6.45, 7) is 6.28. The molecule has 1 fully saturated rings. The molecule has 2 heterocycles. The van der Waals surface area contributed by atoms with Crippen LogP contribution >= 0.6 is 15.9 Å². The SMILES string of the molecule is Brc1cc2c(c(CN3CCNCC3)c1)OCC2. The van der Waals surface area contributed by atoms with Crippen molar-refractivity contribution < 1.29 is 4.74 Å². The molecule has 0 radical (unpaired) electrons. The number of rotatable bonds is 2. The number of hydrogen-bond donors (Lipinski definition) is 1. The first kappa shape index (κ1) is 11.5. The summed E-state index contributed by atoms with van der Waals surface area (Å²) in [5.41, 5.74) is 2.68. The molecule has 0 amide bonds. The van der Waals surface area contributed by atoms with E-state index >= 15 is 0 Å². The first-order chi connectivity index (χ1) is 8.33. The zero-order valence-corrected chi connectivity index (χ0v) is 11.4. The van der Waals surface area contributed by atoms with E-state index in [0.717, 1.165) is 51.5 Å². The molecule has 0 bridgehead atoms. The van der Waals surface area contributed by atoms with Crippen molar-refractivity contribution in [2.24, 2.45) is 0 Å².